The summed E-state index contributed by atoms with van der Waals surface area (Å²) in [6, 6.07) is 5.95. The third-order valence-electron chi connectivity index (χ3n) is 7.68. The molecule has 3 heterocycles. The predicted octanol–water partition coefficient (Wildman–Crippen LogP) is 2.73. The molecule has 2 unspecified atom stereocenters. The maximum Gasteiger partial charge on any atom is 0.250 e. The fourth-order valence-corrected chi connectivity index (χ4v) is 6.28. The number of aliphatic hydroxyl groups is 1. The predicted molar refractivity (Wildman–Crippen MR) is 128 cm³/mol. The molecule has 4 rings (SSSR count). The molecule has 0 saturated carbocycles. The smallest absolute Gasteiger partial charge is 0.250 e. The Labute approximate surface area is 205 Å². The van der Waals surface area contributed by atoms with Crippen molar-refractivity contribution < 1.29 is 24.2 Å². The summed E-state index contributed by atoms with van der Waals surface area (Å²) in [6.45, 7) is 4.82. The molecular formula is C25H34ClN3O5. The minimum Gasteiger partial charge on any atom is -0.396 e. The molecular weight excluding hydrogens is 458 g/mol. The van der Waals surface area contributed by atoms with Gasteiger partial charge in [-0.15, -0.1) is 0 Å². The van der Waals surface area contributed by atoms with Crippen molar-refractivity contribution in [1.82, 2.24) is 10.2 Å². The molecule has 3 fully saturated rings. The van der Waals surface area contributed by atoms with E-state index in [-0.39, 0.29) is 24.3 Å². The van der Waals surface area contributed by atoms with Crippen molar-refractivity contribution >= 4 is 35.0 Å². The van der Waals surface area contributed by atoms with Crippen molar-refractivity contribution in [1.29, 1.82) is 0 Å². The maximum absolute atomic E-state index is 13.8. The molecule has 34 heavy (non-hydrogen) atoms. The number of amides is 3. The summed E-state index contributed by atoms with van der Waals surface area (Å²) in [5.41, 5.74) is -1.21. The summed E-state index contributed by atoms with van der Waals surface area (Å²) in [4.78, 5) is 42.4. The topological polar surface area (TPSA) is 108 Å². The number of benzene rings is 1. The first kappa shape index (κ1) is 24.9. The number of unbranched alkanes of at least 4 members (excludes halogenated alkanes) is 1. The summed E-state index contributed by atoms with van der Waals surface area (Å²) < 4.78 is 6.68. The van der Waals surface area contributed by atoms with Crippen LogP contribution in [0.15, 0.2) is 24.3 Å². The maximum atomic E-state index is 13.8. The van der Waals surface area contributed by atoms with Crippen LogP contribution in [0.25, 0.3) is 0 Å². The molecule has 1 aromatic carbocycles. The number of carbonyl (C=O) groups is 3. The van der Waals surface area contributed by atoms with Gasteiger partial charge < -0.3 is 25.4 Å². The fraction of sp³-hybridized carbons (Fsp3) is 0.640. The fourth-order valence-electron chi connectivity index (χ4n) is 6.15. The van der Waals surface area contributed by atoms with Crippen molar-refractivity contribution in [3.8, 4) is 0 Å². The van der Waals surface area contributed by atoms with Gasteiger partial charge in [-0.05, 0) is 62.8 Å². The zero-order valence-electron chi connectivity index (χ0n) is 19.8. The quantitative estimate of drug-likeness (QED) is 0.436. The lowest BCUT2D eigenvalue weighted by atomic mass is 9.65. The lowest BCUT2D eigenvalue weighted by Gasteiger charge is -2.34. The van der Waals surface area contributed by atoms with Crippen LogP contribution < -0.4 is 10.6 Å². The first-order valence-corrected chi connectivity index (χ1v) is 12.7. The van der Waals surface area contributed by atoms with Crippen molar-refractivity contribution in [2.75, 3.05) is 25.0 Å². The first-order valence-electron chi connectivity index (χ1n) is 12.3. The van der Waals surface area contributed by atoms with Crippen LogP contribution in [0.5, 0.6) is 0 Å². The number of rotatable bonds is 10. The molecule has 3 amide bonds. The number of anilines is 1. The lowest BCUT2D eigenvalue weighted by Crippen LogP contribution is -2.53. The van der Waals surface area contributed by atoms with Crippen LogP contribution in [0.1, 0.15) is 52.4 Å². The Balaban J connectivity index is 1.70. The third kappa shape index (κ3) is 3.99. The summed E-state index contributed by atoms with van der Waals surface area (Å²) in [6.07, 6.45) is 3.64. The molecule has 9 heteroatoms. The van der Waals surface area contributed by atoms with Gasteiger partial charge in [-0.1, -0.05) is 25.4 Å². The summed E-state index contributed by atoms with van der Waals surface area (Å²) in [7, 11) is 0. The summed E-state index contributed by atoms with van der Waals surface area (Å²) in [5.74, 6) is -2.03. The average molecular weight is 492 g/mol. The molecule has 2 bridgehead atoms. The van der Waals surface area contributed by atoms with E-state index in [1.807, 2.05) is 13.8 Å². The molecule has 3 aliphatic rings. The Bertz CT molecular complexity index is 941. The van der Waals surface area contributed by atoms with Crippen LogP contribution >= 0.6 is 11.6 Å². The highest BCUT2D eigenvalue weighted by atomic mass is 35.5. The minimum absolute atomic E-state index is 0.00966. The highest BCUT2D eigenvalue weighted by Crippen LogP contribution is 2.64. The van der Waals surface area contributed by atoms with E-state index in [9.17, 15) is 19.5 Å². The molecule has 0 radical (unpaired) electrons. The van der Waals surface area contributed by atoms with E-state index in [0.717, 1.165) is 6.42 Å². The number of nitrogens with one attached hydrogen (secondary N) is 2. The van der Waals surface area contributed by atoms with Crippen LogP contribution in [-0.2, 0) is 19.1 Å². The van der Waals surface area contributed by atoms with Gasteiger partial charge in [-0.2, -0.15) is 0 Å². The van der Waals surface area contributed by atoms with Gasteiger partial charge >= 0.3 is 0 Å². The number of likely N-dealkylation sites (tertiary alicyclic amines) is 1. The summed E-state index contributed by atoms with van der Waals surface area (Å²) >= 11 is 5.98. The van der Waals surface area contributed by atoms with E-state index in [4.69, 9.17) is 16.3 Å². The van der Waals surface area contributed by atoms with E-state index >= 15 is 0 Å². The molecule has 3 saturated heterocycles. The summed E-state index contributed by atoms with van der Waals surface area (Å²) in [5, 5.41) is 15.7. The van der Waals surface area contributed by atoms with E-state index in [2.05, 4.69) is 10.6 Å². The van der Waals surface area contributed by atoms with Crippen LogP contribution in [-0.4, -0.2) is 64.7 Å². The number of hydrogen-bond acceptors (Lipinski definition) is 5. The van der Waals surface area contributed by atoms with Gasteiger partial charge in [0.1, 0.15) is 11.6 Å². The normalized spacial score (nSPS) is 31.6. The highest BCUT2D eigenvalue weighted by molar-refractivity contribution is 6.30. The molecule has 0 aromatic heterocycles. The number of fused-ring (bicyclic) bond motifs is 1. The van der Waals surface area contributed by atoms with Crippen LogP contribution in [0.3, 0.4) is 0 Å². The number of hydrogen-bond donors (Lipinski definition) is 3. The molecule has 186 valence electrons. The van der Waals surface area contributed by atoms with Crippen molar-refractivity contribution in [3.05, 3.63) is 29.3 Å². The second kappa shape index (κ2) is 9.84. The second-order valence-corrected chi connectivity index (χ2v) is 10.0. The molecule has 5 atom stereocenters. The van der Waals surface area contributed by atoms with Crippen molar-refractivity contribution in [2.45, 2.75) is 69.6 Å². The Morgan fingerprint density at radius 3 is 2.56 bits per heavy atom. The van der Waals surface area contributed by atoms with Gasteiger partial charge in [0, 0.05) is 30.4 Å². The Morgan fingerprint density at radius 2 is 1.91 bits per heavy atom. The van der Waals surface area contributed by atoms with E-state index in [1.54, 1.807) is 29.2 Å². The van der Waals surface area contributed by atoms with Crippen molar-refractivity contribution in [2.24, 2.45) is 11.8 Å². The van der Waals surface area contributed by atoms with Gasteiger partial charge in [-0.25, -0.2) is 0 Å². The van der Waals surface area contributed by atoms with Crippen molar-refractivity contribution in [3.63, 3.8) is 0 Å². The first-order chi connectivity index (χ1) is 16.3. The number of carbonyl (C=O) groups excluding carboxylic acids is 3. The average Bonchev–Trinajstić information content (AvgIpc) is 3.43. The zero-order valence-corrected chi connectivity index (χ0v) is 20.6. The van der Waals surface area contributed by atoms with Crippen LogP contribution in [0.2, 0.25) is 5.02 Å². The highest BCUT2D eigenvalue weighted by Gasteiger charge is 2.78. The van der Waals surface area contributed by atoms with E-state index < -0.39 is 29.1 Å². The Kier molecular flexibility index (Phi) is 7.22. The Hall–Kier alpha value is -2.16. The van der Waals surface area contributed by atoms with E-state index in [0.29, 0.717) is 55.9 Å². The molecule has 3 aliphatic heterocycles. The van der Waals surface area contributed by atoms with Gasteiger partial charge in [0.15, 0.2) is 0 Å². The minimum atomic E-state index is -1.04. The van der Waals surface area contributed by atoms with Gasteiger partial charge in [0.2, 0.25) is 17.7 Å². The SMILES string of the molecule is CCCNC(=O)[C@H]1[C@H]2C(=O)N(CCCCO)C(C(=O)Nc3ccc(Cl)cc3)C23CC[C@]1(CC)O3. The van der Waals surface area contributed by atoms with Crippen LogP contribution in [0.4, 0.5) is 5.69 Å². The monoisotopic (exact) mass is 491 g/mol. The number of ether oxygens (including phenoxy) is 1. The Morgan fingerprint density at radius 1 is 1.18 bits per heavy atom. The lowest BCUT2D eigenvalue weighted by molar-refractivity contribution is -0.146. The third-order valence-corrected chi connectivity index (χ3v) is 7.93. The standard InChI is InChI=1S/C25H34ClN3O5/c1-3-13-27-21(31)18-19-23(33)29(14-5-6-15-30)20(25(19)12-11-24(18,4-2)34-25)22(32)28-17-9-7-16(26)8-10-17/h7-10,18-20,30H,3-6,11-15H2,1-2H3,(H,27,31)(H,28,32)/t18-,19+,20?,24+,25?/m1/s1. The largest absolute Gasteiger partial charge is 0.396 e. The molecule has 1 aromatic rings. The van der Waals surface area contributed by atoms with Gasteiger partial charge in [0.05, 0.1) is 17.4 Å². The number of halogens is 1. The van der Waals surface area contributed by atoms with Gasteiger partial charge in [-0.3, -0.25) is 14.4 Å². The molecule has 0 aliphatic carbocycles. The molecule has 8 nitrogen and oxygen atoms in total. The molecule has 1 spiro atoms. The molecule has 3 N–H and O–H groups in total. The number of nitrogens with zero attached hydrogens (tertiary/aromatic N) is 1. The zero-order chi connectivity index (χ0) is 24.5. The van der Waals surface area contributed by atoms with Gasteiger partial charge in [0.25, 0.3) is 0 Å². The number of aliphatic hydroxyl groups excluding tert-OH is 1. The van der Waals surface area contributed by atoms with Crippen LogP contribution in [0, 0.1) is 11.8 Å². The van der Waals surface area contributed by atoms with E-state index in [1.165, 1.54) is 0 Å². The second-order valence-electron chi connectivity index (χ2n) is 9.58.